The fraction of sp³-hybridized carbons (Fsp3) is 0.150. The van der Waals surface area contributed by atoms with Crippen LogP contribution in [-0.4, -0.2) is 34.7 Å². The predicted octanol–water partition coefficient (Wildman–Crippen LogP) is 2.63. The van der Waals surface area contributed by atoms with Crippen molar-refractivity contribution in [3.05, 3.63) is 78.7 Å². The zero-order valence-electron chi connectivity index (χ0n) is 16.8. The molecule has 0 unspecified atom stereocenters. The maximum atomic E-state index is 13.2. The van der Waals surface area contributed by atoms with Crippen LogP contribution in [0.3, 0.4) is 0 Å². The molecule has 0 atom stereocenters. The van der Waals surface area contributed by atoms with Crippen molar-refractivity contribution in [2.75, 3.05) is 5.32 Å². The first kappa shape index (κ1) is 21.6. The van der Waals surface area contributed by atoms with E-state index in [0.717, 1.165) is 4.57 Å². The van der Waals surface area contributed by atoms with Crippen molar-refractivity contribution in [3.63, 3.8) is 0 Å². The van der Waals surface area contributed by atoms with Crippen molar-refractivity contribution in [3.8, 4) is 0 Å². The molecule has 3 heterocycles. The minimum Gasteiger partial charge on any atom is -0.477 e. The first-order valence-corrected chi connectivity index (χ1v) is 9.99. The highest BCUT2D eigenvalue weighted by atomic mass is 35.5. The summed E-state index contributed by atoms with van der Waals surface area (Å²) in [7, 11) is 3.13. The molecule has 0 spiro atoms. The van der Waals surface area contributed by atoms with Crippen LogP contribution in [0.15, 0.2) is 46.1 Å². The van der Waals surface area contributed by atoms with Crippen LogP contribution in [0.2, 0.25) is 10.0 Å². The lowest BCUT2D eigenvalue weighted by atomic mass is 10.2. The summed E-state index contributed by atoms with van der Waals surface area (Å²) in [4.78, 5) is 45.4. The third-order valence-electron chi connectivity index (χ3n) is 4.92. The summed E-state index contributed by atoms with van der Waals surface area (Å²) in [5.41, 5.74) is 0.206. The van der Waals surface area contributed by atoms with Crippen LogP contribution in [0, 0.1) is 0 Å². The molecule has 0 saturated carbocycles. The number of nitrogens with zero attached hydrogens (tertiary/aromatic N) is 5. The Hall–Kier alpha value is -3.63. The van der Waals surface area contributed by atoms with Crippen molar-refractivity contribution >= 4 is 52.0 Å². The Morgan fingerprint density at radius 3 is 2.53 bits per heavy atom. The number of carboxylic acid groups (broad SMARTS) is 1. The van der Waals surface area contributed by atoms with E-state index in [4.69, 9.17) is 28.3 Å². The van der Waals surface area contributed by atoms with Crippen LogP contribution in [0.5, 0.6) is 0 Å². The predicted molar refractivity (Wildman–Crippen MR) is 120 cm³/mol. The van der Waals surface area contributed by atoms with E-state index in [1.807, 2.05) is 0 Å². The van der Waals surface area contributed by atoms with Crippen molar-refractivity contribution in [1.29, 1.82) is 0 Å². The molecule has 0 saturated heterocycles. The average Bonchev–Trinajstić information content (AvgIpc) is 3.08. The van der Waals surface area contributed by atoms with Crippen LogP contribution in [0.25, 0.3) is 11.2 Å². The lowest BCUT2D eigenvalue weighted by Gasteiger charge is -2.09. The third kappa shape index (κ3) is 3.74. The number of benzene rings is 1. The molecule has 0 aliphatic carbocycles. The molecule has 0 aliphatic rings. The number of aromatic carboxylic acids is 1. The van der Waals surface area contributed by atoms with Crippen molar-refractivity contribution in [2.24, 2.45) is 14.1 Å². The standard InChI is InChI=1S/C20H16Cl2N6O4/c1-26-15-16(25-19(26)24-11-5-6-23-14(8-11)18(30)31)27(2)20(32)28(17(15)29)9-10-3-4-12(21)13(22)7-10/h3-8H,9H2,1-2H3,(H,30,31)(H,23,24,25). The molecule has 0 radical (unpaired) electrons. The van der Waals surface area contributed by atoms with E-state index in [2.05, 4.69) is 15.3 Å². The van der Waals surface area contributed by atoms with Crippen LogP contribution in [0.1, 0.15) is 16.1 Å². The van der Waals surface area contributed by atoms with Crippen molar-refractivity contribution < 1.29 is 9.90 Å². The van der Waals surface area contributed by atoms with Gasteiger partial charge >= 0.3 is 11.7 Å². The third-order valence-corrected chi connectivity index (χ3v) is 5.66. The van der Waals surface area contributed by atoms with Gasteiger partial charge in [0, 0.05) is 26.0 Å². The van der Waals surface area contributed by atoms with E-state index in [0.29, 0.717) is 21.3 Å². The van der Waals surface area contributed by atoms with Gasteiger partial charge in [0.1, 0.15) is 5.69 Å². The molecular formula is C20H16Cl2N6O4. The lowest BCUT2D eigenvalue weighted by Crippen LogP contribution is -2.39. The van der Waals surface area contributed by atoms with Crippen LogP contribution < -0.4 is 16.6 Å². The maximum Gasteiger partial charge on any atom is 0.354 e. The number of hydrogen-bond acceptors (Lipinski definition) is 6. The molecule has 10 nitrogen and oxygen atoms in total. The van der Waals surface area contributed by atoms with E-state index in [-0.39, 0.29) is 29.4 Å². The normalized spacial score (nSPS) is 11.1. The van der Waals surface area contributed by atoms with Gasteiger partial charge in [-0.2, -0.15) is 4.98 Å². The van der Waals surface area contributed by atoms with Gasteiger partial charge in [0.2, 0.25) is 5.95 Å². The van der Waals surface area contributed by atoms with Gasteiger partial charge in [0.25, 0.3) is 5.56 Å². The van der Waals surface area contributed by atoms with Crippen LogP contribution in [-0.2, 0) is 20.6 Å². The molecule has 12 heteroatoms. The maximum absolute atomic E-state index is 13.2. The number of nitrogens with one attached hydrogen (secondary N) is 1. The second-order valence-electron chi connectivity index (χ2n) is 7.01. The Morgan fingerprint density at radius 2 is 1.84 bits per heavy atom. The molecule has 4 aromatic rings. The minimum atomic E-state index is -1.17. The van der Waals surface area contributed by atoms with Crippen molar-refractivity contribution in [2.45, 2.75) is 6.54 Å². The largest absolute Gasteiger partial charge is 0.477 e. The Bertz CT molecular complexity index is 1500. The molecule has 0 bridgehead atoms. The van der Waals surface area contributed by atoms with E-state index >= 15 is 0 Å². The zero-order chi connectivity index (χ0) is 23.2. The smallest absolute Gasteiger partial charge is 0.354 e. The highest BCUT2D eigenvalue weighted by Gasteiger charge is 2.19. The quantitative estimate of drug-likeness (QED) is 0.455. The summed E-state index contributed by atoms with van der Waals surface area (Å²) in [5, 5.41) is 12.8. The number of aryl methyl sites for hydroxylation is 2. The van der Waals surface area contributed by atoms with Crippen LogP contribution in [0.4, 0.5) is 11.6 Å². The second kappa shape index (κ2) is 8.13. The summed E-state index contributed by atoms with van der Waals surface area (Å²) in [6.07, 6.45) is 1.34. The number of carboxylic acids is 1. The van der Waals surface area contributed by atoms with E-state index in [1.165, 1.54) is 28.4 Å². The lowest BCUT2D eigenvalue weighted by molar-refractivity contribution is 0.0690. The van der Waals surface area contributed by atoms with Gasteiger partial charge in [0.05, 0.1) is 16.6 Å². The highest BCUT2D eigenvalue weighted by molar-refractivity contribution is 6.42. The summed E-state index contributed by atoms with van der Waals surface area (Å²) in [6.45, 7) is -0.00139. The summed E-state index contributed by atoms with van der Waals surface area (Å²) < 4.78 is 3.86. The Labute approximate surface area is 190 Å². The number of imidazole rings is 1. The molecule has 0 aliphatic heterocycles. The molecule has 0 fully saturated rings. The molecular weight excluding hydrogens is 459 g/mol. The SMILES string of the molecule is Cn1c(Nc2ccnc(C(=O)O)c2)nc2c1c(=O)n(Cc1ccc(Cl)c(Cl)c1)c(=O)n2C. The number of aromatic nitrogens is 5. The van der Waals surface area contributed by atoms with Gasteiger partial charge in [-0.15, -0.1) is 0 Å². The summed E-state index contributed by atoms with van der Waals surface area (Å²) in [5.74, 6) is -0.923. The summed E-state index contributed by atoms with van der Waals surface area (Å²) in [6, 6.07) is 7.78. The van der Waals surface area contributed by atoms with Crippen LogP contribution >= 0.6 is 23.2 Å². The molecule has 3 aromatic heterocycles. The first-order valence-electron chi connectivity index (χ1n) is 9.24. The van der Waals surface area contributed by atoms with Gasteiger partial charge in [-0.1, -0.05) is 29.3 Å². The number of pyridine rings is 1. The summed E-state index contributed by atoms with van der Waals surface area (Å²) >= 11 is 12.0. The van der Waals surface area contributed by atoms with Gasteiger partial charge in [-0.05, 0) is 29.8 Å². The number of hydrogen-bond donors (Lipinski definition) is 2. The fourth-order valence-electron chi connectivity index (χ4n) is 3.27. The van der Waals surface area contributed by atoms with Gasteiger partial charge in [0.15, 0.2) is 11.2 Å². The number of anilines is 2. The molecule has 0 amide bonds. The van der Waals surface area contributed by atoms with Crippen molar-refractivity contribution in [1.82, 2.24) is 23.7 Å². The molecule has 1 aromatic carbocycles. The topological polar surface area (TPSA) is 124 Å². The highest BCUT2D eigenvalue weighted by Crippen LogP contribution is 2.23. The first-order chi connectivity index (χ1) is 15.2. The average molecular weight is 475 g/mol. The number of halogens is 2. The zero-order valence-corrected chi connectivity index (χ0v) is 18.3. The minimum absolute atomic E-state index is 0.00139. The van der Waals surface area contributed by atoms with E-state index in [9.17, 15) is 14.4 Å². The Kier molecular flexibility index (Phi) is 5.49. The van der Waals surface area contributed by atoms with Gasteiger partial charge < -0.3 is 15.0 Å². The number of carbonyl (C=O) groups is 1. The number of rotatable bonds is 5. The van der Waals surface area contributed by atoms with E-state index in [1.54, 1.807) is 31.3 Å². The number of fused-ring (bicyclic) bond motifs is 1. The Morgan fingerprint density at radius 1 is 1.09 bits per heavy atom. The fourth-order valence-corrected chi connectivity index (χ4v) is 3.59. The monoisotopic (exact) mass is 474 g/mol. The molecule has 32 heavy (non-hydrogen) atoms. The Balaban J connectivity index is 1.81. The van der Waals surface area contributed by atoms with Gasteiger partial charge in [-0.3, -0.25) is 13.9 Å². The van der Waals surface area contributed by atoms with E-state index < -0.39 is 17.2 Å². The molecule has 164 valence electrons. The molecule has 4 rings (SSSR count). The van der Waals surface area contributed by atoms with Gasteiger partial charge in [-0.25, -0.2) is 14.6 Å². The molecule has 2 N–H and O–H groups in total. The second-order valence-corrected chi connectivity index (χ2v) is 7.82.